The first-order chi connectivity index (χ1) is 13.0. The van der Waals surface area contributed by atoms with Crippen LogP contribution in [-0.2, 0) is 0 Å². The molecule has 1 N–H and O–H groups in total. The molecule has 0 spiro atoms. The number of methoxy groups -OCH3 is 1. The van der Waals surface area contributed by atoms with Crippen LogP contribution in [0.1, 0.15) is 38.1 Å². The molecule has 0 saturated heterocycles. The van der Waals surface area contributed by atoms with Crippen molar-refractivity contribution in [2.45, 2.75) is 33.8 Å². The summed E-state index contributed by atoms with van der Waals surface area (Å²) in [4.78, 5) is 12.6. The number of ether oxygens (including phenoxy) is 4. The molecule has 0 atom stereocenters. The molecule has 0 saturated carbocycles. The van der Waals surface area contributed by atoms with Gasteiger partial charge in [-0.05, 0) is 58.0 Å². The zero-order valence-corrected chi connectivity index (χ0v) is 16.5. The maximum Gasteiger partial charge on any atom is 0.255 e. The van der Waals surface area contributed by atoms with Gasteiger partial charge in [0.05, 0.1) is 26.4 Å². The first-order valence-corrected chi connectivity index (χ1v) is 9.04. The maximum absolute atomic E-state index is 12.6. The topological polar surface area (TPSA) is 66.0 Å². The van der Waals surface area contributed by atoms with E-state index < -0.39 is 0 Å². The van der Waals surface area contributed by atoms with E-state index in [9.17, 15) is 4.79 Å². The Morgan fingerprint density at radius 3 is 2.22 bits per heavy atom. The van der Waals surface area contributed by atoms with Crippen molar-refractivity contribution in [2.75, 3.05) is 25.6 Å². The standard InChI is InChI=1S/C21H27NO5/c1-6-25-17-11-9-16(13-20(17)26-7-2)22-21(23)15-8-10-18(27-14(3)4)19(12-15)24-5/h8-14H,6-7H2,1-5H3,(H,22,23). The van der Waals surface area contributed by atoms with Crippen LogP contribution in [0.3, 0.4) is 0 Å². The van der Waals surface area contributed by atoms with Crippen molar-refractivity contribution in [3.8, 4) is 23.0 Å². The average molecular weight is 373 g/mol. The molecule has 0 bridgehead atoms. The molecule has 2 aromatic rings. The van der Waals surface area contributed by atoms with Gasteiger partial charge in [-0.1, -0.05) is 0 Å². The van der Waals surface area contributed by atoms with Crippen LogP contribution < -0.4 is 24.3 Å². The quantitative estimate of drug-likeness (QED) is 0.699. The van der Waals surface area contributed by atoms with Gasteiger partial charge in [-0.25, -0.2) is 0 Å². The Labute approximate surface area is 160 Å². The molecule has 0 fully saturated rings. The highest BCUT2D eigenvalue weighted by molar-refractivity contribution is 6.04. The second-order valence-corrected chi connectivity index (χ2v) is 6.01. The van der Waals surface area contributed by atoms with E-state index in [0.29, 0.717) is 47.5 Å². The number of carbonyl (C=O) groups excluding carboxylic acids is 1. The fourth-order valence-electron chi connectivity index (χ4n) is 2.49. The van der Waals surface area contributed by atoms with Crippen molar-refractivity contribution in [3.63, 3.8) is 0 Å². The largest absolute Gasteiger partial charge is 0.493 e. The highest BCUT2D eigenvalue weighted by atomic mass is 16.5. The van der Waals surface area contributed by atoms with Gasteiger partial charge >= 0.3 is 0 Å². The van der Waals surface area contributed by atoms with Gasteiger partial charge in [-0.15, -0.1) is 0 Å². The summed E-state index contributed by atoms with van der Waals surface area (Å²) in [7, 11) is 1.55. The molecule has 2 rings (SSSR count). The predicted molar refractivity (Wildman–Crippen MR) is 105 cm³/mol. The summed E-state index contributed by atoms with van der Waals surface area (Å²) < 4.78 is 22.2. The lowest BCUT2D eigenvalue weighted by atomic mass is 10.1. The fourth-order valence-corrected chi connectivity index (χ4v) is 2.49. The number of amides is 1. The summed E-state index contributed by atoms with van der Waals surface area (Å²) in [5.74, 6) is 2.10. The fraction of sp³-hybridized carbons (Fsp3) is 0.381. The minimum Gasteiger partial charge on any atom is -0.493 e. The molecule has 0 radical (unpaired) electrons. The second-order valence-electron chi connectivity index (χ2n) is 6.01. The molecule has 0 aliphatic rings. The highest BCUT2D eigenvalue weighted by Gasteiger charge is 2.14. The molecule has 0 unspecified atom stereocenters. The Bertz CT molecular complexity index is 773. The van der Waals surface area contributed by atoms with E-state index in [0.717, 1.165) is 0 Å². The van der Waals surface area contributed by atoms with Gasteiger partial charge in [0.25, 0.3) is 5.91 Å². The third kappa shape index (κ3) is 5.54. The monoisotopic (exact) mass is 373 g/mol. The van der Waals surface area contributed by atoms with Crippen LogP contribution in [0.5, 0.6) is 23.0 Å². The van der Waals surface area contributed by atoms with Gasteiger partial charge in [-0.3, -0.25) is 4.79 Å². The van der Waals surface area contributed by atoms with Crippen molar-refractivity contribution < 1.29 is 23.7 Å². The van der Waals surface area contributed by atoms with Crippen LogP contribution in [0.15, 0.2) is 36.4 Å². The number of anilines is 1. The third-order valence-corrected chi connectivity index (χ3v) is 3.59. The number of hydrogen-bond donors (Lipinski definition) is 1. The minimum atomic E-state index is -0.254. The lowest BCUT2D eigenvalue weighted by molar-refractivity contribution is 0.102. The Hall–Kier alpha value is -2.89. The smallest absolute Gasteiger partial charge is 0.255 e. The molecule has 2 aromatic carbocycles. The van der Waals surface area contributed by atoms with Crippen LogP contribution in [0.25, 0.3) is 0 Å². The van der Waals surface area contributed by atoms with Crippen molar-refractivity contribution in [3.05, 3.63) is 42.0 Å². The van der Waals surface area contributed by atoms with Crippen molar-refractivity contribution in [1.29, 1.82) is 0 Å². The lowest BCUT2D eigenvalue weighted by Crippen LogP contribution is -2.13. The van der Waals surface area contributed by atoms with Crippen LogP contribution in [-0.4, -0.2) is 32.3 Å². The summed E-state index contributed by atoms with van der Waals surface area (Å²) in [6.45, 7) is 8.71. The molecule has 0 heterocycles. The third-order valence-electron chi connectivity index (χ3n) is 3.59. The van der Waals surface area contributed by atoms with E-state index in [1.54, 1.807) is 43.5 Å². The average Bonchev–Trinajstić information content (AvgIpc) is 2.64. The molecule has 146 valence electrons. The molecule has 6 nitrogen and oxygen atoms in total. The zero-order chi connectivity index (χ0) is 19.8. The van der Waals surface area contributed by atoms with Gasteiger partial charge in [0.2, 0.25) is 0 Å². The Morgan fingerprint density at radius 2 is 1.59 bits per heavy atom. The van der Waals surface area contributed by atoms with E-state index in [-0.39, 0.29) is 12.0 Å². The van der Waals surface area contributed by atoms with Crippen LogP contribution in [0.4, 0.5) is 5.69 Å². The summed E-state index contributed by atoms with van der Waals surface area (Å²) in [6, 6.07) is 10.4. The number of hydrogen-bond acceptors (Lipinski definition) is 5. The Morgan fingerprint density at radius 1 is 0.926 bits per heavy atom. The maximum atomic E-state index is 12.6. The molecule has 6 heteroatoms. The Kier molecular flexibility index (Phi) is 7.34. The summed E-state index contributed by atoms with van der Waals surface area (Å²) in [5, 5.41) is 2.87. The molecule has 0 aliphatic carbocycles. The Balaban J connectivity index is 2.20. The lowest BCUT2D eigenvalue weighted by Gasteiger charge is -2.15. The molecule has 0 aliphatic heterocycles. The number of carbonyl (C=O) groups is 1. The van der Waals surface area contributed by atoms with Crippen LogP contribution in [0.2, 0.25) is 0 Å². The second kappa shape index (κ2) is 9.71. The van der Waals surface area contributed by atoms with E-state index >= 15 is 0 Å². The SMILES string of the molecule is CCOc1ccc(NC(=O)c2ccc(OC(C)C)c(OC)c2)cc1OCC. The van der Waals surface area contributed by atoms with Gasteiger partial charge < -0.3 is 24.3 Å². The highest BCUT2D eigenvalue weighted by Crippen LogP contribution is 2.32. The van der Waals surface area contributed by atoms with E-state index in [2.05, 4.69) is 5.32 Å². The number of benzene rings is 2. The normalized spacial score (nSPS) is 10.4. The minimum absolute atomic E-state index is 0.0133. The van der Waals surface area contributed by atoms with Crippen molar-refractivity contribution >= 4 is 11.6 Å². The number of rotatable bonds is 9. The first-order valence-electron chi connectivity index (χ1n) is 9.04. The summed E-state index contributed by atoms with van der Waals surface area (Å²) in [6.07, 6.45) is 0.0133. The molecular formula is C21H27NO5. The van der Waals surface area contributed by atoms with Crippen molar-refractivity contribution in [2.24, 2.45) is 0 Å². The molecule has 1 amide bonds. The van der Waals surface area contributed by atoms with Crippen LogP contribution >= 0.6 is 0 Å². The van der Waals surface area contributed by atoms with Gasteiger partial charge in [0, 0.05) is 17.3 Å². The summed E-state index contributed by atoms with van der Waals surface area (Å²) >= 11 is 0. The van der Waals surface area contributed by atoms with E-state index in [1.165, 1.54) is 0 Å². The van der Waals surface area contributed by atoms with Gasteiger partial charge in [-0.2, -0.15) is 0 Å². The number of nitrogens with one attached hydrogen (secondary N) is 1. The summed E-state index contributed by atoms with van der Waals surface area (Å²) in [5.41, 5.74) is 1.09. The van der Waals surface area contributed by atoms with Crippen molar-refractivity contribution in [1.82, 2.24) is 0 Å². The molecular weight excluding hydrogens is 346 g/mol. The zero-order valence-electron chi connectivity index (χ0n) is 16.5. The predicted octanol–water partition coefficient (Wildman–Crippen LogP) is 4.53. The van der Waals surface area contributed by atoms with Gasteiger partial charge in [0.1, 0.15) is 0 Å². The van der Waals surface area contributed by atoms with Crippen LogP contribution in [0, 0.1) is 0 Å². The van der Waals surface area contributed by atoms with E-state index in [1.807, 2.05) is 27.7 Å². The van der Waals surface area contributed by atoms with Gasteiger partial charge in [0.15, 0.2) is 23.0 Å². The molecule has 27 heavy (non-hydrogen) atoms. The first kappa shape index (κ1) is 20.4. The molecule has 0 aromatic heterocycles. The van der Waals surface area contributed by atoms with E-state index in [4.69, 9.17) is 18.9 Å².